The Morgan fingerprint density at radius 3 is 2.87 bits per heavy atom. The van der Waals surface area contributed by atoms with Gasteiger partial charge in [0.2, 0.25) is 10.0 Å². The zero-order valence-electron chi connectivity index (χ0n) is 7.57. The zero-order chi connectivity index (χ0) is 11.5. The molecular weight excluding hydrogens is 306 g/mol. The first-order valence-electron chi connectivity index (χ1n) is 3.98. The molecule has 0 radical (unpaired) electrons. The third-order valence-corrected chi connectivity index (χ3v) is 3.82. The van der Waals surface area contributed by atoms with E-state index in [0.29, 0.717) is 4.47 Å². The molecular formula is C7H9BrClN3O2S. The maximum atomic E-state index is 11.7. The number of nitrogens with zero attached hydrogens (tertiary/aromatic N) is 1. The summed E-state index contributed by atoms with van der Waals surface area (Å²) in [7, 11) is -3.63. The van der Waals surface area contributed by atoms with Crippen LogP contribution in [0.2, 0.25) is 5.15 Å². The van der Waals surface area contributed by atoms with E-state index in [4.69, 9.17) is 17.3 Å². The van der Waals surface area contributed by atoms with Crippen LogP contribution < -0.4 is 10.5 Å². The van der Waals surface area contributed by atoms with Crippen LogP contribution in [0.4, 0.5) is 0 Å². The Bertz CT molecular complexity index is 452. The van der Waals surface area contributed by atoms with Crippen molar-refractivity contribution < 1.29 is 8.42 Å². The number of hydrogen-bond donors (Lipinski definition) is 2. The standard InChI is InChI=1S/C7H9BrClN3O2S/c8-5-3-6(7(9)11-4-5)15(13,14)12-2-1-10/h3-4,12H,1-2,10H2. The summed E-state index contributed by atoms with van der Waals surface area (Å²) < 4.78 is 26.1. The van der Waals surface area contributed by atoms with Crippen LogP contribution in [0, 0.1) is 0 Å². The molecule has 1 aromatic heterocycles. The SMILES string of the molecule is NCCNS(=O)(=O)c1cc(Br)cnc1Cl. The normalized spacial score (nSPS) is 11.7. The number of hydrogen-bond acceptors (Lipinski definition) is 4. The largest absolute Gasteiger partial charge is 0.329 e. The highest BCUT2D eigenvalue weighted by molar-refractivity contribution is 9.10. The summed E-state index contributed by atoms with van der Waals surface area (Å²) in [5, 5.41) is -0.0669. The topological polar surface area (TPSA) is 85.1 Å². The van der Waals surface area contributed by atoms with Crippen molar-refractivity contribution in [3.05, 3.63) is 21.9 Å². The van der Waals surface area contributed by atoms with E-state index in [1.807, 2.05) is 0 Å². The smallest absolute Gasteiger partial charge is 0.243 e. The Balaban J connectivity index is 3.09. The van der Waals surface area contributed by atoms with Gasteiger partial charge in [-0.2, -0.15) is 0 Å². The highest BCUT2D eigenvalue weighted by Gasteiger charge is 2.18. The van der Waals surface area contributed by atoms with E-state index in [2.05, 4.69) is 25.6 Å². The molecule has 8 heteroatoms. The van der Waals surface area contributed by atoms with Crippen LogP contribution in [0.15, 0.2) is 21.6 Å². The quantitative estimate of drug-likeness (QED) is 0.803. The summed E-state index contributed by atoms with van der Waals surface area (Å²) in [5.74, 6) is 0. The fraction of sp³-hybridized carbons (Fsp3) is 0.286. The molecule has 0 fully saturated rings. The maximum absolute atomic E-state index is 11.7. The van der Waals surface area contributed by atoms with Crippen molar-refractivity contribution >= 4 is 37.6 Å². The fourth-order valence-electron chi connectivity index (χ4n) is 0.864. The summed E-state index contributed by atoms with van der Waals surface area (Å²) in [5.41, 5.74) is 5.20. The fourth-order valence-corrected chi connectivity index (χ4v) is 2.85. The Labute approximate surface area is 101 Å². The first kappa shape index (κ1) is 12.9. The lowest BCUT2D eigenvalue weighted by Crippen LogP contribution is -2.29. The lowest BCUT2D eigenvalue weighted by molar-refractivity contribution is 0.582. The molecule has 0 bridgehead atoms. The van der Waals surface area contributed by atoms with Crippen molar-refractivity contribution in [2.24, 2.45) is 5.73 Å². The summed E-state index contributed by atoms with van der Waals surface area (Å²) >= 11 is 8.80. The van der Waals surface area contributed by atoms with Crippen molar-refractivity contribution in [2.75, 3.05) is 13.1 Å². The molecule has 1 rings (SSSR count). The van der Waals surface area contributed by atoms with Gasteiger partial charge in [0, 0.05) is 23.8 Å². The van der Waals surface area contributed by atoms with Gasteiger partial charge in [0.15, 0.2) is 0 Å². The lowest BCUT2D eigenvalue weighted by Gasteiger charge is -2.06. The van der Waals surface area contributed by atoms with Crippen LogP contribution in [0.3, 0.4) is 0 Å². The van der Waals surface area contributed by atoms with E-state index in [1.165, 1.54) is 12.3 Å². The molecule has 0 atom stereocenters. The zero-order valence-corrected chi connectivity index (χ0v) is 10.7. The molecule has 1 aromatic rings. The van der Waals surface area contributed by atoms with Crippen LogP contribution in [-0.2, 0) is 10.0 Å². The second kappa shape index (κ2) is 5.22. The lowest BCUT2D eigenvalue weighted by atomic mass is 10.5. The molecule has 0 unspecified atom stereocenters. The predicted octanol–water partition coefficient (Wildman–Crippen LogP) is 0.734. The monoisotopic (exact) mass is 313 g/mol. The third kappa shape index (κ3) is 3.39. The summed E-state index contributed by atoms with van der Waals surface area (Å²) in [6, 6.07) is 1.38. The molecule has 0 aliphatic rings. The second-order valence-corrected chi connectivity index (χ2v) is 5.64. The van der Waals surface area contributed by atoms with Crippen LogP contribution in [-0.4, -0.2) is 26.5 Å². The summed E-state index contributed by atoms with van der Waals surface area (Å²) in [6.07, 6.45) is 1.42. The molecule has 0 amide bonds. The molecule has 0 saturated carbocycles. The number of nitrogens with one attached hydrogen (secondary N) is 1. The van der Waals surface area contributed by atoms with E-state index in [1.54, 1.807) is 0 Å². The molecule has 0 aliphatic carbocycles. The molecule has 3 N–H and O–H groups in total. The highest BCUT2D eigenvalue weighted by Crippen LogP contribution is 2.22. The molecule has 0 spiro atoms. The maximum Gasteiger partial charge on any atom is 0.243 e. The number of aromatic nitrogens is 1. The average Bonchev–Trinajstić information content (AvgIpc) is 2.18. The van der Waals surface area contributed by atoms with Crippen molar-refractivity contribution in [1.82, 2.24) is 9.71 Å². The second-order valence-electron chi connectivity index (χ2n) is 2.63. The predicted molar refractivity (Wildman–Crippen MR) is 61.2 cm³/mol. The molecule has 1 heterocycles. The van der Waals surface area contributed by atoms with Gasteiger partial charge in [0.05, 0.1) is 0 Å². The molecule has 0 saturated heterocycles. The molecule has 15 heavy (non-hydrogen) atoms. The van der Waals surface area contributed by atoms with Crippen molar-refractivity contribution in [3.8, 4) is 0 Å². The number of halogens is 2. The Morgan fingerprint density at radius 2 is 2.27 bits per heavy atom. The molecule has 5 nitrogen and oxygen atoms in total. The van der Waals surface area contributed by atoms with Gasteiger partial charge >= 0.3 is 0 Å². The minimum absolute atomic E-state index is 0.0630. The van der Waals surface area contributed by atoms with E-state index < -0.39 is 10.0 Å². The van der Waals surface area contributed by atoms with Crippen LogP contribution in [0.25, 0.3) is 0 Å². The van der Waals surface area contributed by atoms with Gasteiger partial charge in [-0.3, -0.25) is 0 Å². The number of rotatable bonds is 4. The molecule has 0 aromatic carbocycles. The minimum Gasteiger partial charge on any atom is -0.329 e. The van der Waals surface area contributed by atoms with Gasteiger partial charge in [0.1, 0.15) is 10.0 Å². The number of nitrogens with two attached hydrogens (primary N) is 1. The van der Waals surface area contributed by atoms with Crippen molar-refractivity contribution in [2.45, 2.75) is 4.90 Å². The van der Waals surface area contributed by atoms with Crippen LogP contribution in [0.1, 0.15) is 0 Å². The van der Waals surface area contributed by atoms with Crippen molar-refractivity contribution in [1.29, 1.82) is 0 Å². The van der Waals surface area contributed by atoms with Gasteiger partial charge in [-0.15, -0.1) is 0 Å². The molecule has 84 valence electrons. The van der Waals surface area contributed by atoms with Crippen molar-refractivity contribution in [3.63, 3.8) is 0 Å². The van der Waals surface area contributed by atoms with Gasteiger partial charge in [-0.25, -0.2) is 18.1 Å². The minimum atomic E-state index is -3.63. The Kier molecular flexibility index (Phi) is 4.47. The van der Waals surface area contributed by atoms with Crippen LogP contribution >= 0.6 is 27.5 Å². The first-order valence-corrected chi connectivity index (χ1v) is 6.63. The van der Waals surface area contributed by atoms with Gasteiger partial charge in [-0.05, 0) is 22.0 Å². The van der Waals surface area contributed by atoms with Gasteiger partial charge < -0.3 is 5.73 Å². The third-order valence-electron chi connectivity index (χ3n) is 1.50. The Morgan fingerprint density at radius 1 is 1.60 bits per heavy atom. The number of pyridine rings is 1. The van der Waals surface area contributed by atoms with E-state index in [-0.39, 0.29) is 23.1 Å². The highest BCUT2D eigenvalue weighted by atomic mass is 79.9. The Hall–Kier alpha value is -0.210. The summed E-state index contributed by atoms with van der Waals surface area (Å²) in [4.78, 5) is 3.66. The first-order chi connectivity index (χ1) is 6.97. The van der Waals surface area contributed by atoms with E-state index in [0.717, 1.165) is 0 Å². The van der Waals surface area contributed by atoms with E-state index in [9.17, 15) is 8.42 Å². The van der Waals surface area contributed by atoms with Gasteiger partial charge in [0.25, 0.3) is 0 Å². The molecule has 0 aliphatic heterocycles. The van der Waals surface area contributed by atoms with Gasteiger partial charge in [-0.1, -0.05) is 11.6 Å². The average molecular weight is 315 g/mol. The van der Waals surface area contributed by atoms with Crippen LogP contribution in [0.5, 0.6) is 0 Å². The van der Waals surface area contributed by atoms with E-state index >= 15 is 0 Å². The summed E-state index contributed by atoms with van der Waals surface area (Å²) in [6.45, 7) is 0.378. The number of sulfonamides is 1.